The lowest BCUT2D eigenvalue weighted by molar-refractivity contribution is 0.779. The largest absolute Gasteiger partial charge is 0.283 e. The molecule has 14 heavy (non-hydrogen) atoms. The molecular formula is C12H18N2. The van der Waals surface area contributed by atoms with Crippen LogP contribution in [0, 0.1) is 5.92 Å². The molecule has 0 N–H and O–H groups in total. The van der Waals surface area contributed by atoms with E-state index < -0.39 is 0 Å². The Balaban J connectivity index is 2.87. The van der Waals surface area contributed by atoms with Gasteiger partial charge in [-0.2, -0.15) is 0 Å². The molecule has 1 aliphatic rings. The Labute approximate surface area is 86.2 Å². The maximum atomic E-state index is 4.44. The van der Waals surface area contributed by atoms with Gasteiger partial charge < -0.3 is 0 Å². The van der Waals surface area contributed by atoms with Crippen LogP contribution in [-0.4, -0.2) is 18.5 Å². The van der Waals surface area contributed by atoms with Gasteiger partial charge in [0.15, 0.2) is 0 Å². The average Bonchev–Trinajstić information content (AvgIpc) is 2.48. The summed E-state index contributed by atoms with van der Waals surface area (Å²) in [6, 6.07) is 0.217. The summed E-state index contributed by atoms with van der Waals surface area (Å²) in [6.45, 7) is 8.40. The number of rotatable bonds is 3. The van der Waals surface area contributed by atoms with Crippen molar-refractivity contribution < 1.29 is 0 Å². The Morgan fingerprint density at radius 3 is 2.79 bits per heavy atom. The van der Waals surface area contributed by atoms with Gasteiger partial charge in [0.1, 0.15) is 0 Å². The molecule has 1 atom stereocenters. The normalized spacial score (nSPS) is 22.5. The van der Waals surface area contributed by atoms with Crippen LogP contribution in [0.3, 0.4) is 0 Å². The van der Waals surface area contributed by atoms with Gasteiger partial charge in [0.05, 0.1) is 11.7 Å². The first kappa shape index (κ1) is 10.9. The summed E-state index contributed by atoms with van der Waals surface area (Å²) >= 11 is 0. The Kier molecular flexibility index (Phi) is 3.81. The van der Waals surface area contributed by atoms with E-state index in [4.69, 9.17) is 0 Å². The molecule has 76 valence electrons. The number of allylic oxidation sites excluding steroid dienone is 3. The van der Waals surface area contributed by atoms with E-state index in [0.717, 1.165) is 5.70 Å². The quantitative estimate of drug-likeness (QED) is 0.611. The Hall–Kier alpha value is -1.18. The molecule has 0 bridgehead atoms. The first-order chi connectivity index (χ1) is 6.66. The smallest absolute Gasteiger partial charge is 0.0895 e. The van der Waals surface area contributed by atoms with Crippen LogP contribution >= 0.6 is 0 Å². The van der Waals surface area contributed by atoms with Crippen LogP contribution in [0.2, 0.25) is 0 Å². The molecule has 1 rings (SSSR count). The van der Waals surface area contributed by atoms with E-state index in [2.05, 4.69) is 30.8 Å². The van der Waals surface area contributed by atoms with Crippen LogP contribution in [0.5, 0.6) is 0 Å². The summed E-state index contributed by atoms with van der Waals surface area (Å²) in [5.41, 5.74) is 2.37. The second-order valence-corrected chi connectivity index (χ2v) is 3.75. The highest BCUT2D eigenvalue weighted by Crippen LogP contribution is 2.23. The lowest BCUT2D eigenvalue weighted by Crippen LogP contribution is -2.01. The molecule has 0 aromatic carbocycles. The van der Waals surface area contributed by atoms with Gasteiger partial charge in [-0.05, 0) is 31.4 Å². The molecule has 0 saturated heterocycles. The van der Waals surface area contributed by atoms with E-state index in [0.29, 0.717) is 5.92 Å². The van der Waals surface area contributed by atoms with E-state index in [9.17, 15) is 0 Å². The summed E-state index contributed by atoms with van der Waals surface area (Å²) in [5, 5.41) is 0. The highest BCUT2D eigenvalue weighted by molar-refractivity contribution is 5.85. The molecule has 0 aliphatic carbocycles. The van der Waals surface area contributed by atoms with Gasteiger partial charge in [0.25, 0.3) is 0 Å². The van der Waals surface area contributed by atoms with Crippen molar-refractivity contribution in [2.45, 2.75) is 33.7 Å². The summed E-state index contributed by atoms with van der Waals surface area (Å²) in [5.74, 6) is 0.501. The van der Waals surface area contributed by atoms with Crippen molar-refractivity contribution in [3.05, 3.63) is 23.4 Å². The molecule has 1 aliphatic heterocycles. The standard InChI is InChI=1S/C12H18N2/c1-5-6-7-13-12-10(4)14-8-11(12)9(2)3/h5-10H,1-4H3/b6-5-,13-7-. The minimum absolute atomic E-state index is 0.217. The SMILES string of the molecule is C/C=C\C=N/C1=C(C(C)C)C=NC1C. The highest BCUT2D eigenvalue weighted by Gasteiger charge is 2.18. The van der Waals surface area contributed by atoms with Gasteiger partial charge in [0, 0.05) is 12.4 Å². The second kappa shape index (κ2) is 4.89. The van der Waals surface area contributed by atoms with Crippen molar-refractivity contribution in [3.8, 4) is 0 Å². The van der Waals surface area contributed by atoms with Crippen LogP contribution in [0.25, 0.3) is 0 Å². The van der Waals surface area contributed by atoms with E-state index >= 15 is 0 Å². The monoisotopic (exact) mass is 190 g/mol. The van der Waals surface area contributed by atoms with Crippen molar-refractivity contribution in [3.63, 3.8) is 0 Å². The van der Waals surface area contributed by atoms with Gasteiger partial charge in [-0.1, -0.05) is 19.9 Å². The van der Waals surface area contributed by atoms with Crippen LogP contribution < -0.4 is 0 Å². The third-order valence-electron chi connectivity index (χ3n) is 2.24. The van der Waals surface area contributed by atoms with Crippen LogP contribution in [0.15, 0.2) is 33.4 Å². The number of nitrogens with zero attached hydrogens (tertiary/aromatic N) is 2. The molecule has 1 unspecified atom stereocenters. The fourth-order valence-corrected chi connectivity index (χ4v) is 1.41. The van der Waals surface area contributed by atoms with Crippen molar-refractivity contribution in [1.29, 1.82) is 0 Å². The molecule has 2 heteroatoms. The van der Waals surface area contributed by atoms with E-state index in [1.807, 2.05) is 31.5 Å². The number of aliphatic imine (C=N–C) groups is 2. The number of hydrogen-bond acceptors (Lipinski definition) is 2. The minimum atomic E-state index is 0.217. The maximum absolute atomic E-state index is 4.44. The predicted molar refractivity (Wildman–Crippen MR) is 63.1 cm³/mol. The molecule has 2 nitrogen and oxygen atoms in total. The van der Waals surface area contributed by atoms with E-state index in [1.54, 1.807) is 0 Å². The van der Waals surface area contributed by atoms with Gasteiger partial charge in [0.2, 0.25) is 0 Å². The Bertz CT molecular complexity index is 306. The zero-order valence-corrected chi connectivity index (χ0v) is 9.36. The van der Waals surface area contributed by atoms with E-state index in [1.165, 1.54) is 5.57 Å². The predicted octanol–water partition coefficient (Wildman–Crippen LogP) is 3.02. The zero-order valence-electron chi connectivity index (χ0n) is 9.36. The first-order valence-corrected chi connectivity index (χ1v) is 5.09. The summed E-state index contributed by atoms with van der Waals surface area (Å²) in [7, 11) is 0. The minimum Gasteiger partial charge on any atom is -0.283 e. The molecule has 0 amide bonds. The Morgan fingerprint density at radius 1 is 1.50 bits per heavy atom. The van der Waals surface area contributed by atoms with Gasteiger partial charge in [-0.15, -0.1) is 0 Å². The average molecular weight is 190 g/mol. The summed E-state index contributed by atoms with van der Waals surface area (Å²) in [4.78, 5) is 8.80. The van der Waals surface area contributed by atoms with Gasteiger partial charge in [-0.3, -0.25) is 9.98 Å². The number of hydrogen-bond donors (Lipinski definition) is 0. The van der Waals surface area contributed by atoms with Crippen molar-refractivity contribution in [1.82, 2.24) is 0 Å². The fraction of sp³-hybridized carbons (Fsp3) is 0.500. The van der Waals surface area contributed by atoms with Crippen LogP contribution in [0.1, 0.15) is 27.7 Å². The van der Waals surface area contributed by atoms with Crippen LogP contribution in [0.4, 0.5) is 0 Å². The Morgan fingerprint density at radius 2 is 2.21 bits per heavy atom. The molecule has 0 radical (unpaired) electrons. The van der Waals surface area contributed by atoms with Gasteiger partial charge >= 0.3 is 0 Å². The third kappa shape index (κ3) is 2.41. The third-order valence-corrected chi connectivity index (χ3v) is 2.24. The lowest BCUT2D eigenvalue weighted by Gasteiger charge is -2.06. The zero-order chi connectivity index (χ0) is 10.6. The summed E-state index contributed by atoms with van der Waals surface area (Å²) in [6.07, 6.45) is 7.70. The fourth-order valence-electron chi connectivity index (χ4n) is 1.41. The first-order valence-electron chi connectivity index (χ1n) is 5.09. The van der Waals surface area contributed by atoms with E-state index in [-0.39, 0.29) is 6.04 Å². The van der Waals surface area contributed by atoms with Crippen molar-refractivity contribution >= 4 is 12.4 Å². The molecular weight excluding hydrogens is 172 g/mol. The maximum Gasteiger partial charge on any atom is 0.0895 e. The van der Waals surface area contributed by atoms with Crippen LogP contribution in [-0.2, 0) is 0 Å². The molecule has 0 aromatic heterocycles. The van der Waals surface area contributed by atoms with Gasteiger partial charge in [-0.25, -0.2) is 0 Å². The highest BCUT2D eigenvalue weighted by atomic mass is 14.9. The topological polar surface area (TPSA) is 24.7 Å². The van der Waals surface area contributed by atoms with Crippen molar-refractivity contribution in [2.75, 3.05) is 0 Å². The molecule has 0 saturated carbocycles. The molecule has 0 spiro atoms. The summed E-state index contributed by atoms with van der Waals surface area (Å²) < 4.78 is 0. The molecule has 1 heterocycles. The van der Waals surface area contributed by atoms with Crippen molar-refractivity contribution in [2.24, 2.45) is 15.9 Å². The lowest BCUT2D eigenvalue weighted by atomic mass is 10.0. The molecule has 0 fully saturated rings. The second-order valence-electron chi connectivity index (χ2n) is 3.75. The molecule has 0 aromatic rings.